The van der Waals surface area contributed by atoms with Gasteiger partial charge in [-0.05, 0) is 41.1 Å². The van der Waals surface area contributed by atoms with Crippen molar-refractivity contribution < 1.29 is 23.1 Å². The number of carboxylic acid groups (broad SMARTS) is 1. The molecule has 7 nitrogen and oxygen atoms in total. The lowest BCUT2D eigenvalue weighted by Gasteiger charge is -2.08. The van der Waals surface area contributed by atoms with E-state index in [2.05, 4.69) is 26.0 Å². The van der Waals surface area contributed by atoms with E-state index in [9.17, 15) is 18.0 Å². The molecule has 0 unspecified atom stereocenters. The van der Waals surface area contributed by atoms with E-state index in [1.807, 2.05) is 0 Å². The predicted molar refractivity (Wildman–Crippen MR) is 75.0 cm³/mol. The number of hydrogen-bond acceptors (Lipinski definition) is 4. The largest absolute Gasteiger partial charge is 0.478 e. The van der Waals surface area contributed by atoms with Gasteiger partial charge in [-0.3, -0.25) is 4.79 Å². The highest BCUT2D eigenvalue weighted by atomic mass is 79.9. The second-order valence-corrected chi connectivity index (χ2v) is 6.35. The van der Waals surface area contributed by atoms with Crippen molar-refractivity contribution in [2.24, 2.45) is 0 Å². The molecule has 1 aromatic rings. The van der Waals surface area contributed by atoms with E-state index in [1.54, 1.807) is 6.92 Å². The Balaban J connectivity index is 2.96. The van der Waals surface area contributed by atoms with Crippen LogP contribution < -0.4 is 10.0 Å². The summed E-state index contributed by atoms with van der Waals surface area (Å²) >= 11 is 3.02. The topological polar surface area (TPSA) is 113 Å². The molecule has 1 rings (SSSR count). The fourth-order valence-corrected chi connectivity index (χ4v) is 2.76. The van der Waals surface area contributed by atoms with Gasteiger partial charge in [0.1, 0.15) is 0 Å². The summed E-state index contributed by atoms with van der Waals surface area (Å²) in [4.78, 5) is 21.9. The van der Waals surface area contributed by atoms with Crippen molar-refractivity contribution in [3.05, 3.63) is 28.2 Å². The Morgan fingerprint density at radius 1 is 1.35 bits per heavy atom. The van der Waals surface area contributed by atoms with E-state index < -0.39 is 28.4 Å². The summed E-state index contributed by atoms with van der Waals surface area (Å²) in [5.74, 6) is -1.72. The number of aromatic carboxylic acids is 1. The van der Waals surface area contributed by atoms with Gasteiger partial charge in [0.15, 0.2) is 0 Å². The molecule has 0 aliphatic carbocycles. The number of carboxylic acids is 1. The zero-order chi connectivity index (χ0) is 15.3. The maximum absolute atomic E-state index is 11.9. The summed E-state index contributed by atoms with van der Waals surface area (Å²) in [6, 6.07) is 3.59. The maximum atomic E-state index is 11.9. The molecular weight excluding hydrogens is 352 g/mol. The van der Waals surface area contributed by atoms with Crippen LogP contribution in [-0.4, -0.2) is 38.5 Å². The molecule has 0 heterocycles. The summed E-state index contributed by atoms with van der Waals surface area (Å²) in [5, 5.41) is 11.4. The molecule has 0 aliphatic heterocycles. The summed E-state index contributed by atoms with van der Waals surface area (Å²) < 4.78 is 26.2. The van der Waals surface area contributed by atoms with Crippen LogP contribution in [-0.2, 0) is 14.8 Å². The average Bonchev–Trinajstić information content (AvgIpc) is 2.37. The van der Waals surface area contributed by atoms with Gasteiger partial charge >= 0.3 is 5.97 Å². The minimum absolute atomic E-state index is 0.175. The van der Waals surface area contributed by atoms with Gasteiger partial charge in [0.25, 0.3) is 0 Å². The molecule has 0 atom stereocenters. The Morgan fingerprint density at radius 2 is 2.00 bits per heavy atom. The first-order valence-electron chi connectivity index (χ1n) is 5.57. The molecular formula is C11H13BrN2O5S. The molecule has 0 aliphatic rings. The van der Waals surface area contributed by atoms with Crippen molar-refractivity contribution >= 4 is 37.8 Å². The van der Waals surface area contributed by atoms with Gasteiger partial charge < -0.3 is 10.4 Å². The van der Waals surface area contributed by atoms with Crippen LogP contribution in [0.4, 0.5) is 0 Å². The van der Waals surface area contributed by atoms with E-state index in [0.29, 0.717) is 6.54 Å². The summed E-state index contributed by atoms with van der Waals surface area (Å²) in [7, 11) is -3.94. The number of hydrogen-bond donors (Lipinski definition) is 3. The molecule has 0 spiro atoms. The number of likely N-dealkylation sites (N-methyl/N-ethyl adjacent to an activating group) is 1. The normalized spacial score (nSPS) is 11.1. The van der Waals surface area contributed by atoms with E-state index in [-0.39, 0.29) is 14.9 Å². The quantitative estimate of drug-likeness (QED) is 0.682. The van der Waals surface area contributed by atoms with Crippen LogP contribution in [0.2, 0.25) is 0 Å². The Labute approximate surface area is 124 Å². The summed E-state index contributed by atoms with van der Waals surface area (Å²) in [6.07, 6.45) is 0. The van der Waals surface area contributed by atoms with E-state index in [0.717, 1.165) is 6.07 Å². The van der Waals surface area contributed by atoms with Crippen LogP contribution in [0.15, 0.2) is 27.6 Å². The van der Waals surface area contributed by atoms with Crippen LogP contribution in [0.1, 0.15) is 17.3 Å². The standard InChI is InChI=1S/C11H13BrN2O5S/c1-2-13-10(15)6-14-20(18,19)7-3-4-9(12)8(5-7)11(16)17/h3-5,14H,2,6H2,1H3,(H,13,15)(H,16,17). The number of carbonyl (C=O) groups excluding carboxylic acids is 1. The first-order chi connectivity index (χ1) is 9.27. The fraction of sp³-hybridized carbons (Fsp3) is 0.273. The molecule has 0 radical (unpaired) electrons. The second-order valence-electron chi connectivity index (χ2n) is 3.72. The van der Waals surface area contributed by atoms with Crippen molar-refractivity contribution in [3.8, 4) is 0 Å². The lowest BCUT2D eigenvalue weighted by molar-refractivity contribution is -0.119. The number of rotatable bonds is 6. The van der Waals surface area contributed by atoms with Gasteiger partial charge in [-0.25, -0.2) is 17.9 Å². The minimum atomic E-state index is -3.94. The second kappa shape index (κ2) is 6.82. The third-order valence-electron chi connectivity index (χ3n) is 2.28. The first kappa shape index (κ1) is 16.6. The number of amides is 1. The molecule has 1 amide bonds. The van der Waals surface area contributed by atoms with Crippen molar-refractivity contribution in [1.82, 2.24) is 10.0 Å². The molecule has 3 N–H and O–H groups in total. The van der Waals surface area contributed by atoms with E-state index >= 15 is 0 Å². The van der Waals surface area contributed by atoms with Crippen LogP contribution >= 0.6 is 15.9 Å². The van der Waals surface area contributed by atoms with Gasteiger partial charge in [0.2, 0.25) is 15.9 Å². The molecule has 0 aromatic heterocycles. The van der Waals surface area contributed by atoms with Crippen LogP contribution in [0.3, 0.4) is 0 Å². The lowest BCUT2D eigenvalue weighted by Crippen LogP contribution is -2.36. The molecule has 20 heavy (non-hydrogen) atoms. The third-order valence-corrected chi connectivity index (χ3v) is 4.37. The molecule has 9 heteroatoms. The highest BCUT2D eigenvalue weighted by Crippen LogP contribution is 2.20. The zero-order valence-corrected chi connectivity index (χ0v) is 12.9. The highest BCUT2D eigenvalue weighted by Gasteiger charge is 2.18. The molecule has 110 valence electrons. The number of benzene rings is 1. The average molecular weight is 365 g/mol. The molecule has 0 bridgehead atoms. The Hall–Kier alpha value is -1.45. The Bertz CT molecular complexity index is 630. The van der Waals surface area contributed by atoms with Gasteiger partial charge in [0, 0.05) is 11.0 Å². The number of halogens is 1. The van der Waals surface area contributed by atoms with E-state index in [1.165, 1.54) is 12.1 Å². The van der Waals surface area contributed by atoms with E-state index in [4.69, 9.17) is 5.11 Å². The molecule has 0 saturated heterocycles. The smallest absolute Gasteiger partial charge is 0.336 e. The summed E-state index contributed by atoms with van der Waals surface area (Å²) in [6.45, 7) is 1.69. The Kier molecular flexibility index (Phi) is 5.66. The minimum Gasteiger partial charge on any atom is -0.478 e. The predicted octanol–water partition coefficient (Wildman–Crippen LogP) is 0.562. The zero-order valence-electron chi connectivity index (χ0n) is 10.5. The van der Waals surface area contributed by atoms with Gasteiger partial charge in [0.05, 0.1) is 17.0 Å². The molecule has 0 fully saturated rings. The van der Waals surface area contributed by atoms with Gasteiger partial charge in [-0.2, -0.15) is 0 Å². The highest BCUT2D eigenvalue weighted by molar-refractivity contribution is 9.10. The van der Waals surface area contributed by atoms with Crippen molar-refractivity contribution in [1.29, 1.82) is 0 Å². The van der Waals surface area contributed by atoms with Gasteiger partial charge in [-0.15, -0.1) is 0 Å². The molecule has 0 saturated carbocycles. The summed E-state index contributed by atoms with van der Waals surface area (Å²) in [5.41, 5.74) is -0.175. The number of nitrogens with one attached hydrogen (secondary N) is 2. The molecule has 1 aromatic carbocycles. The van der Waals surface area contributed by atoms with Crippen molar-refractivity contribution in [2.75, 3.05) is 13.1 Å². The first-order valence-corrected chi connectivity index (χ1v) is 7.84. The van der Waals surface area contributed by atoms with Crippen LogP contribution in [0, 0.1) is 0 Å². The van der Waals surface area contributed by atoms with Crippen molar-refractivity contribution in [3.63, 3.8) is 0 Å². The van der Waals surface area contributed by atoms with Gasteiger partial charge in [-0.1, -0.05) is 0 Å². The fourth-order valence-electron chi connectivity index (χ4n) is 1.34. The van der Waals surface area contributed by atoms with Crippen LogP contribution in [0.25, 0.3) is 0 Å². The number of carbonyl (C=O) groups is 2. The van der Waals surface area contributed by atoms with Crippen molar-refractivity contribution in [2.45, 2.75) is 11.8 Å². The monoisotopic (exact) mass is 364 g/mol. The van der Waals surface area contributed by atoms with Crippen LogP contribution in [0.5, 0.6) is 0 Å². The number of sulfonamides is 1. The maximum Gasteiger partial charge on any atom is 0.336 e. The Morgan fingerprint density at radius 3 is 2.55 bits per heavy atom. The third kappa shape index (κ3) is 4.29. The SMILES string of the molecule is CCNC(=O)CNS(=O)(=O)c1ccc(Br)c(C(=O)O)c1. The lowest BCUT2D eigenvalue weighted by atomic mass is 10.2.